The van der Waals surface area contributed by atoms with Crippen molar-refractivity contribution in [2.45, 2.75) is 0 Å². The second-order valence-corrected chi connectivity index (χ2v) is 3.67. The van der Waals surface area contributed by atoms with E-state index in [2.05, 4.69) is 4.74 Å². The summed E-state index contributed by atoms with van der Waals surface area (Å²) in [4.78, 5) is 21.9. The Hall–Kier alpha value is -2.63. The molecule has 0 spiro atoms. The lowest BCUT2D eigenvalue weighted by Gasteiger charge is -2.06. The van der Waals surface area contributed by atoms with E-state index in [-0.39, 0.29) is 22.6 Å². The number of aromatic hydroxyl groups is 1. The van der Waals surface area contributed by atoms with Gasteiger partial charge in [0.15, 0.2) is 23.6 Å². The summed E-state index contributed by atoms with van der Waals surface area (Å²) >= 11 is 0. The summed E-state index contributed by atoms with van der Waals surface area (Å²) in [6.07, 6.45) is 0.473. The number of esters is 1. The van der Waals surface area contributed by atoms with Gasteiger partial charge in [0.25, 0.3) is 0 Å². The number of carbonyl (C=O) groups excluding carboxylic acids is 2. The number of hydrogen-bond acceptors (Lipinski definition) is 5. The highest BCUT2D eigenvalue weighted by atomic mass is 19.1. The molecule has 1 heterocycles. The molecule has 2 rings (SSSR count). The molecule has 0 aliphatic heterocycles. The Bertz CT molecular complexity index is 644. The predicted molar refractivity (Wildman–Crippen MR) is 62.5 cm³/mol. The van der Waals surface area contributed by atoms with Crippen molar-refractivity contribution in [3.8, 4) is 17.1 Å². The number of methoxy groups -OCH3 is 1. The van der Waals surface area contributed by atoms with Gasteiger partial charge in [-0.1, -0.05) is 0 Å². The Balaban J connectivity index is 2.58. The van der Waals surface area contributed by atoms with Gasteiger partial charge in [-0.05, 0) is 24.3 Å². The molecule has 0 unspecified atom stereocenters. The third-order valence-corrected chi connectivity index (χ3v) is 2.49. The van der Waals surface area contributed by atoms with Gasteiger partial charge in [0.05, 0.1) is 18.2 Å². The molecule has 0 aliphatic carbocycles. The maximum atomic E-state index is 13.5. The summed E-state index contributed by atoms with van der Waals surface area (Å²) in [7, 11) is 1.16. The Morgan fingerprint density at radius 2 is 2.16 bits per heavy atom. The average molecular weight is 264 g/mol. The van der Waals surface area contributed by atoms with Gasteiger partial charge in [-0.3, -0.25) is 4.79 Å². The molecular weight excluding hydrogens is 255 g/mol. The Morgan fingerprint density at radius 3 is 2.74 bits per heavy atom. The van der Waals surface area contributed by atoms with Crippen LogP contribution in [0.25, 0.3) is 11.3 Å². The van der Waals surface area contributed by atoms with E-state index in [1.165, 1.54) is 18.2 Å². The number of aldehydes is 1. The predicted octanol–water partition coefficient (Wildman–Crippen LogP) is 2.39. The molecule has 1 N–H and O–H groups in total. The van der Waals surface area contributed by atoms with Crippen molar-refractivity contribution in [3.05, 3.63) is 41.4 Å². The van der Waals surface area contributed by atoms with Gasteiger partial charge >= 0.3 is 5.97 Å². The van der Waals surface area contributed by atoms with Crippen LogP contribution >= 0.6 is 0 Å². The van der Waals surface area contributed by atoms with Crippen molar-refractivity contribution in [1.29, 1.82) is 0 Å². The second kappa shape index (κ2) is 4.93. The zero-order chi connectivity index (χ0) is 14.0. The van der Waals surface area contributed by atoms with Crippen LogP contribution in [0, 0.1) is 5.82 Å². The van der Waals surface area contributed by atoms with Crippen LogP contribution in [0.3, 0.4) is 0 Å². The number of ether oxygens (including phenoxy) is 1. The lowest BCUT2D eigenvalue weighted by atomic mass is 10.1. The van der Waals surface area contributed by atoms with E-state index in [1.807, 2.05) is 0 Å². The quantitative estimate of drug-likeness (QED) is 0.680. The van der Waals surface area contributed by atoms with Crippen molar-refractivity contribution >= 4 is 12.3 Å². The number of halogens is 1. The van der Waals surface area contributed by atoms with Crippen molar-refractivity contribution in [2.75, 3.05) is 7.11 Å². The van der Waals surface area contributed by atoms with Gasteiger partial charge in [0.2, 0.25) is 0 Å². The van der Waals surface area contributed by atoms with Crippen molar-refractivity contribution in [3.63, 3.8) is 0 Å². The Labute approximate surface area is 107 Å². The van der Waals surface area contributed by atoms with Gasteiger partial charge in [-0.2, -0.15) is 0 Å². The lowest BCUT2D eigenvalue weighted by molar-refractivity contribution is 0.0600. The maximum absolute atomic E-state index is 13.5. The number of benzene rings is 1. The van der Waals surface area contributed by atoms with Crippen LogP contribution in [0.1, 0.15) is 20.9 Å². The number of furan rings is 1. The number of phenolic OH excluding ortho intramolecular Hbond substituents is 1. The monoisotopic (exact) mass is 264 g/mol. The van der Waals surface area contributed by atoms with Gasteiger partial charge in [-0.25, -0.2) is 9.18 Å². The fraction of sp³-hybridized carbons (Fsp3) is 0.0769. The van der Waals surface area contributed by atoms with Crippen LogP contribution in [0.2, 0.25) is 0 Å². The van der Waals surface area contributed by atoms with Crippen LogP contribution in [-0.2, 0) is 4.74 Å². The zero-order valence-electron chi connectivity index (χ0n) is 9.84. The number of hydrogen-bond donors (Lipinski definition) is 1. The first-order valence-electron chi connectivity index (χ1n) is 5.23. The molecule has 0 atom stereocenters. The van der Waals surface area contributed by atoms with E-state index in [0.717, 1.165) is 13.2 Å². The Morgan fingerprint density at radius 1 is 1.42 bits per heavy atom. The highest BCUT2D eigenvalue weighted by Crippen LogP contribution is 2.33. The molecule has 0 bridgehead atoms. The molecule has 1 aromatic carbocycles. The highest BCUT2D eigenvalue weighted by Gasteiger charge is 2.18. The van der Waals surface area contributed by atoms with Crippen LogP contribution in [-0.4, -0.2) is 24.5 Å². The molecule has 1 aromatic heterocycles. The first kappa shape index (κ1) is 12.8. The molecule has 0 amide bonds. The van der Waals surface area contributed by atoms with Crippen LogP contribution < -0.4 is 0 Å². The molecular formula is C13H9FO5. The van der Waals surface area contributed by atoms with Gasteiger partial charge in [0.1, 0.15) is 5.76 Å². The summed E-state index contributed by atoms with van der Waals surface area (Å²) in [6, 6.07) is 4.83. The largest absolute Gasteiger partial charge is 0.504 e. The minimum Gasteiger partial charge on any atom is -0.504 e. The fourth-order valence-corrected chi connectivity index (χ4v) is 1.58. The minimum absolute atomic E-state index is 0.0262. The summed E-state index contributed by atoms with van der Waals surface area (Å²) in [5.74, 6) is -2.30. The molecule has 0 aliphatic rings. The molecule has 2 aromatic rings. The molecule has 0 saturated carbocycles. The van der Waals surface area contributed by atoms with Crippen molar-refractivity contribution in [1.82, 2.24) is 0 Å². The van der Waals surface area contributed by atoms with Crippen LogP contribution in [0.15, 0.2) is 28.7 Å². The Kier molecular flexibility index (Phi) is 3.33. The first-order chi connectivity index (χ1) is 9.06. The van der Waals surface area contributed by atoms with Gasteiger partial charge in [-0.15, -0.1) is 0 Å². The van der Waals surface area contributed by atoms with E-state index in [0.29, 0.717) is 6.29 Å². The summed E-state index contributed by atoms with van der Waals surface area (Å²) in [6.45, 7) is 0. The van der Waals surface area contributed by atoms with E-state index in [9.17, 15) is 19.1 Å². The number of carbonyl (C=O) groups is 2. The number of rotatable bonds is 3. The lowest BCUT2D eigenvalue weighted by Crippen LogP contribution is -2.02. The topological polar surface area (TPSA) is 76.7 Å². The summed E-state index contributed by atoms with van der Waals surface area (Å²) in [5.41, 5.74) is -0.106. The van der Waals surface area contributed by atoms with E-state index in [4.69, 9.17) is 4.42 Å². The standard InChI is InChI=1S/C13H9FO5/c1-18-13(17)7-4-9(12(16)10(14)5-7)11-3-2-8(6-15)19-11/h2-6,16H,1H3. The summed E-state index contributed by atoms with van der Waals surface area (Å²) in [5, 5.41) is 9.64. The third-order valence-electron chi connectivity index (χ3n) is 2.49. The van der Waals surface area contributed by atoms with Gasteiger partial charge in [0, 0.05) is 0 Å². The third kappa shape index (κ3) is 2.33. The fourth-order valence-electron chi connectivity index (χ4n) is 1.58. The average Bonchev–Trinajstić information content (AvgIpc) is 2.89. The van der Waals surface area contributed by atoms with Gasteiger partial charge < -0.3 is 14.3 Å². The molecule has 19 heavy (non-hydrogen) atoms. The van der Waals surface area contributed by atoms with Crippen LogP contribution in [0.4, 0.5) is 4.39 Å². The molecule has 6 heteroatoms. The molecule has 5 nitrogen and oxygen atoms in total. The molecule has 98 valence electrons. The van der Waals surface area contributed by atoms with E-state index >= 15 is 0 Å². The van der Waals surface area contributed by atoms with Crippen molar-refractivity contribution < 1.29 is 28.2 Å². The number of phenols is 1. The zero-order valence-corrected chi connectivity index (χ0v) is 9.84. The second-order valence-electron chi connectivity index (χ2n) is 3.67. The van der Waals surface area contributed by atoms with E-state index in [1.54, 1.807) is 0 Å². The molecule has 0 fully saturated rings. The smallest absolute Gasteiger partial charge is 0.337 e. The first-order valence-corrected chi connectivity index (χ1v) is 5.23. The normalized spacial score (nSPS) is 10.2. The highest BCUT2D eigenvalue weighted by molar-refractivity contribution is 5.91. The van der Waals surface area contributed by atoms with Crippen molar-refractivity contribution in [2.24, 2.45) is 0 Å². The maximum Gasteiger partial charge on any atom is 0.337 e. The molecule has 0 saturated heterocycles. The molecule has 0 radical (unpaired) electrons. The minimum atomic E-state index is -0.984. The van der Waals surface area contributed by atoms with Crippen LogP contribution in [0.5, 0.6) is 5.75 Å². The summed E-state index contributed by atoms with van der Waals surface area (Å²) < 4.78 is 23.1. The SMILES string of the molecule is COC(=O)c1cc(F)c(O)c(-c2ccc(C=O)o2)c1. The van der Waals surface area contributed by atoms with E-state index < -0.39 is 17.5 Å².